The van der Waals surface area contributed by atoms with Gasteiger partial charge in [0, 0.05) is 39.3 Å². The minimum atomic E-state index is -0.958. The average molecular weight is 853 g/mol. The molecule has 4 N–H and O–H groups in total. The van der Waals surface area contributed by atoms with E-state index in [1.165, 1.54) is 0 Å². The zero-order chi connectivity index (χ0) is 44.2. The Kier molecular flexibility index (Phi) is 16.7. The highest BCUT2D eigenvalue weighted by molar-refractivity contribution is 5.95. The number of likely N-dealkylation sites (N-methyl/N-ethyl adjacent to an activating group) is 2. The molecule has 4 heterocycles. The van der Waals surface area contributed by atoms with Crippen LogP contribution in [0.1, 0.15) is 76.3 Å². The van der Waals surface area contributed by atoms with Gasteiger partial charge in [-0.25, -0.2) is 0 Å². The number of hydrogen-bond donors (Lipinski definition) is 4. The van der Waals surface area contributed by atoms with Gasteiger partial charge in [-0.3, -0.25) is 28.8 Å². The molecule has 6 amide bonds. The third kappa shape index (κ3) is 11.5. The van der Waals surface area contributed by atoms with E-state index in [9.17, 15) is 28.8 Å². The predicted octanol–water partition coefficient (Wildman–Crippen LogP) is 2.67. The van der Waals surface area contributed by atoms with Crippen LogP contribution in [0.25, 0.3) is 0 Å². The molecule has 4 saturated heterocycles. The van der Waals surface area contributed by atoms with Crippen molar-refractivity contribution in [1.29, 1.82) is 0 Å². The normalized spacial score (nSPS) is 23.5. The topological polar surface area (TPSA) is 164 Å². The maximum absolute atomic E-state index is 14.5. The molecule has 8 atom stereocenters. The van der Waals surface area contributed by atoms with Gasteiger partial charge in [0.1, 0.15) is 24.2 Å². The summed E-state index contributed by atoms with van der Waals surface area (Å²) in [5, 5.41) is 11.8. The van der Waals surface area contributed by atoms with Crippen molar-refractivity contribution in [3.8, 4) is 0 Å². The Morgan fingerprint density at radius 1 is 0.597 bits per heavy atom. The molecule has 6 rings (SSSR count). The molecular weight excluding hydrogens is 785 g/mol. The molecule has 14 heteroatoms. The van der Waals surface area contributed by atoms with Crippen molar-refractivity contribution in [3.05, 3.63) is 83.9 Å². The van der Waals surface area contributed by atoms with Crippen molar-refractivity contribution in [3.63, 3.8) is 0 Å². The van der Waals surface area contributed by atoms with E-state index >= 15 is 0 Å². The first kappa shape index (κ1) is 46.4. The second kappa shape index (κ2) is 22.3. The van der Waals surface area contributed by atoms with Crippen LogP contribution in [0.3, 0.4) is 0 Å². The summed E-state index contributed by atoms with van der Waals surface area (Å²) in [6.45, 7) is 6.71. The van der Waals surface area contributed by atoms with Crippen LogP contribution >= 0.6 is 0 Å². The number of rotatable bonds is 18. The lowest BCUT2D eigenvalue weighted by Gasteiger charge is -2.33. The maximum Gasteiger partial charge on any atom is 0.246 e. The Morgan fingerprint density at radius 2 is 0.984 bits per heavy atom. The van der Waals surface area contributed by atoms with Crippen molar-refractivity contribution in [1.82, 2.24) is 40.9 Å². The highest BCUT2D eigenvalue weighted by Crippen LogP contribution is 2.34. The quantitative estimate of drug-likeness (QED) is 0.167. The fraction of sp³-hybridized carbons (Fsp3) is 0.583. The number of benzene rings is 2. The Morgan fingerprint density at radius 3 is 1.35 bits per heavy atom. The zero-order valence-corrected chi connectivity index (χ0v) is 37.1. The summed E-state index contributed by atoms with van der Waals surface area (Å²) in [5.74, 6) is -1.30. The van der Waals surface area contributed by atoms with Crippen LogP contribution in [0.15, 0.2) is 72.8 Å². The number of amides is 6. The molecule has 4 fully saturated rings. The Labute approximate surface area is 367 Å². The summed E-state index contributed by atoms with van der Waals surface area (Å²) in [5.41, 5.74) is 2.30. The first-order valence-electron chi connectivity index (χ1n) is 22.9. The largest absolute Gasteiger partial charge is 0.343 e. The van der Waals surface area contributed by atoms with Gasteiger partial charge in [-0.1, -0.05) is 72.8 Å². The number of hydrogen-bond acceptors (Lipinski definition) is 8. The van der Waals surface area contributed by atoms with Crippen molar-refractivity contribution in [2.45, 2.75) is 114 Å². The fourth-order valence-corrected chi connectivity index (χ4v) is 9.59. The number of carbonyl (C=O) groups is 6. The van der Waals surface area contributed by atoms with Gasteiger partial charge in [0.05, 0.1) is 12.1 Å². The van der Waals surface area contributed by atoms with Gasteiger partial charge in [0.15, 0.2) is 0 Å². The van der Waals surface area contributed by atoms with Crippen molar-refractivity contribution in [2.24, 2.45) is 11.8 Å². The number of nitrogens with zero attached hydrogens (tertiary/aromatic N) is 4. The SMILES string of the molecule is CN[C@@H](C)C(=O)N[C@@H](C/C=C\C[C@H](NC(=O)[C@H](C)NC)C(=O)N1CC[C@H]2CCCN(CCc3ccccc3)C(=O)[C@H]21)C(=O)N1CC[C@H]2CCCN(CCc3ccccc3)C(=O)[C@H]21. The summed E-state index contributed by atoms with van der Waals surface area (Å²) in [6.07, 6.45) is 10.1. The van der Waals surface area contributed by atoms with Crippen LogP contribution in [-0.2, 0) is 41.6 Å². The standard InChI is InChI=1S/C48H68N8O6/c1-33(49-3)43(57)51-39(45(59)55-31-25-37-19-13-27-53(47(61)41(37)55)29-23-35-15-7-5-8-16-35)21-11-12-22-40(52-44(58)34(2)50-4)46(60)56-32-26-38-20-14-28-54(48(62)42(38)56)30-24-36-17-9-6-10-18-36/h5-12,15-18,33-34,37-42,49-50H,13-14,19-32H2,1-4H3,(H,51,57)(H,52,58)/b12-11-/t33-,34-,37+,38+,39-,40-,41-,42-/m0/s1. The summed E-state index contributed by atoms with van der Waals surface area (Å²) < 4.78 is 0. The summed E-state index contributed by atoms with van der Waals surface area (Å²) >= 11 is 0. The van der Waals surface area contributed by atoms with Gasteiger partial charge < -0.3 is 40.9 Å². The molecule has 0 unspecified atom stereocenters. The first-order chi connectivity index (χ1) is 30.0. The lowest BCUT2D eigenvalue weighted by atomic mass is 9.95. The van der Waals surface area contributed by atoms with Crippen LogP contribution in [0.2, 0.25) is 0 Å². The Hall–Kier alpha value is -5.08. The Bertz CT molecular complexity index is 1750. The monoisotopic (exact) mass is 853 g/mol. The predicted molar refractivity (Wildman–Crippen MR) is 238 cm³/mol. The van der Waals surface area contributed by atoms with E-state index in [1.54, 1.807) is 49.9 Å². The summed E-state index contributed by atoms with van der Waals surface area (Å²) in [7, 11) is 3.35. The van der Waals surface area contributed by atoms with E-state index in [-0.39, 0.29) is 60.1 Å². The highest BCUT2D eigenvalue weighted by Gasteiger charge is 2.47. The molecular formula is C48H68N8O6. The number of nitrogens with one attached hydrogen (secondary N) is 4. The highest BCUT2D eigenvalue weighted by atomic mass is 16.2. The van der Waals surface area contributed by atoms with E-state index < -0.39 is 36.3 Å². The van der Waals surface area contributed by atoms with Crippen LogP contribution in [0, 0.1) is 11.8 Å². The van der Waals surface area contributed by atoms with E-state index in [1.807, 2.05) is 46.2 Å². The molecule has 14 nitrogen and oxygen atoms in total. The number of fused-ring (bicyclic) bond motifs is 2. The lowest BCUT2D eigenvalue weighted by molar-refractivity contribution is -0.146. The minimum absolute atomic E-state index is 0.0398. The minimum Gasteiger partial charge on any atom is -0.343 e. The molecule has 0 saturated carbocycles. The van der Waals surface area contributed by atoms with Gasteiger partial charge in [-0.2, -0.15) is 0 Å². The van der Waals surface area contributed by atoms with Crippen LogP contribution in [0.4, 0.5) is 0 Å². The van der Waals surface area contributed by atoms with Crippen molar-refractivity contribution in [2.75, 3.05) is 53.4 Å². The maximum atomic E-state index is 14.5. The van der Waals surface area contributed by atoms with E-state index in [2.05, 4.69) is 45.5 Å². The molecule has 0 radical (unpaired) electrons. The second-order valence-electron chi connectivity index (χ2n) is 17.5. The fourth-order valence-electron chi connectivity index (χ4n) is 9.59. The molecule has 0 aliphatic carbocycles. The molecule has 0 bridgehead atoms. The molecule has 2 aromatic carbocycles. The molecule has 4 aliphatic heterocycles. The third-order valence-corrected chi connectivity index (χ3v) is 13.6. The van der Waals surface area contributed by atoms with Crippen LogP contribution in [-0.4, -0.2) is 145 Å². The summed E-state index contributed by atoms with van der Waals surface area (Å²) in [6, 6.07) is 15.9. The van der Waals surface area contributed by atoms with Gasteiger partial charge in [0.2, 0.25) is 35.4 Å². The van der Waals surface area contributed by atoms with Gasteiger partial charge in [-0.15, -0.1) is 0 Å². The van der Waals surface area contributed by atoms with Crippen molar-refractivity contribution >= 4 is 35.4 Å². The number of carbonyl (C=O) groups excluding carboxylic acids is 6. The van der Waals surface area contributed by atoms with E-state index in [0.29, 0.717) is 39.3 Å². The van der Waals surface area contributed by atoms with Crippen molar-refractivity contribution < 1.29 is 28.8 Å². The molecule has 4 aliphatic rings. The summed E-state index contributed by atoms with van der Waals surface area (Å²) in [4.78, 5) is 91.2. The van der Waals surface area contributed by atoms with Gasteiger partial charge in [-0.05, 0) is 115 Å². The van der Waals surface area contributed by atoms with Crippen LogP contribution in [0.5, 0.6) is 0 Å². The van der Waals surface area contributed by atoms with E-state index in [4.69, 9.17) is 0 Å². The molecule has 62 heavy (non-hydrogen) atoms. The van der Waals surface area contributed by atoms with Gasteiger partial charge >= 0.3 is 0 Å². The molecule has 0 spiro atoms. The number of likely N-dealkylation sites (tertiary alicyclic amines) is 4. The lowest BCUT2D eigenvalue weighted by Crippen LogP contribution is -2.56. The smallest absolute Gasteiger partial charge is 0.246 e. The van der Waals surface area contributed by atoms with Gasteiger partial charge in [0.25, 0.3) is 0 Å². The van der Waals surface area contributed by atoms with E-state index in [0.717, 1.165) is 62.5 Å². The molecule has 336 valence electrons. The second-order valence-corrected chi connectivity index (χ2v) is 17.5. The molecule has 0 aromatic heterocycles. The Balaban J connectivity index is 1.16. The van der Waals surface area contributed by atoms with Crippen LogP contribution < -0.4 is 21.3 Å². The first-order valence-corrected chi connectivity index (χ1v) is 22.9. The third-order valence-electron chi connectivity index (χ3n) is 13.6. The zero-order valence-electron chi connectivity index (χ0n) is 37.1. The molecule has 2 aromatic rings. The average Bonchev–Trinajstić information content (AvgIpc) is 3.84.